The van der Waals surface area contributed by atoms with Crippen molar-refractivity contribution in [1.82, 2.24) is 0 Å². The molecule has 0 rings (SSSR count). The molecule has 0 saturated carbocycles. The van der Waals surface area contributed by atoms with E-state index in [0.717, 1.165) is 11.9 Å². The van der Waals surface area contributed by atoms with E-state index in [1.807, 2.05) is 6.92 Å². The zero-order chi connectivity index (χ0) is 4.28. The predicted octanol–water partition coefficient (Wildman–Crippen LogP) is 1.50. The molecular weight excluding hydrogens is 94.3 g/mol. The van der Waals surface area contributed by atoms with Gasteiger partial charge in [-0.3, -0.25) is 0 Å². The highest BCUT2D eigenvalue weighted by Crippen LogP contribution is 1.83. The van der Waals surface area contributed by atoms with Gasteiger partial charge in [-0.25, -0.2) is 0 Å². The first kappa shape index (κ1) is 9.44. The van der Waals surface area contributed by atoms with Crippen LogP contribution in [-0.2, 0) is 0 Å². The quantitative estimate of drug-likeness (QED) is 0.440. The normalized spacial score (nSPS) is 6.17. The van der Waals surface area contributed by atoms with Gasteiger partial charge in [-0.15, -0.1) is 24.5 Å². The summed E-state index contributed by atoms with van der Waals surface area (Å²) in [6, 6.07) is 0. The largest absolute Gasteiger partial charge is 0.147 e. The van der Waals surface area contributed by atoms with Crippen molar-refractivity contribution < 1.29 is 0 Å². The van der Waals surface area contributed by atoms with Crippen LogP contribution in [0.5, 0.6) is 0 Å². The van der Waals surface area contributed by atoms with E-state index in [1.165, 1.54) is 0 Å². The predicted molar refractivity (Wildman–Crippen MR) is 32.4 cm³/mol. The third-order valence-corrected chi connectivity index (χ3v) is 0.454. The van der Waals surface area contributed by atoms with E-state index in [2.05, 4.69) is 6.58 Å². The molecular formula is C4H8BCl. The van der Waals surface area contributed by atoms with Crippen LogP contribution in [0, 0.1) is 0 Å². The average Bonchev–Trinajstić information content (AvgIpc) is 1.38. The maximum absolute atomic E-state index is 5.10. The first-order chi connectivity index (χ1) is 2.27. The molecule has 0 aromatic rings. The van der Waals surface area contributed by atoms with Crippen LogP contribution in [0.25, 0.3) is 0 Å². The average molecular weight is 102 g/mol. The highest BCUT2D eigenvalue weighted by molar-refractivity contribution is 6.21. The van der Waals surface area contributed by atoms with Gasteiger partial charge in [0, 0.05) is 0 Å². The summed E-state index contributed by atoms with van der Waals surface area (Å²) in [5, 5.41) is 0. The molecule has 2 heteroatoms. The van der Waals surface area contributed by atoms with Crippen molar-refractivity contribution >= 4 is 20.3 Å². The molecule has 34 valence electrons. The number of halogens is 1. The van der Waals surface area contributed by atoms with Crippen LogP contribution in [0.4, 0.5) is 0 Å². The molecule has 6 heavy (non-hydrogen) atoms. The Bertz CT molecular complexity index is 42.8. The molecule has 0 aliphatic heterocycles. The Hall–Kier alpha value is 0.0949. The van der Waals surface area contributed by atoms with Crippen molar-refractivity contribution in [2.24, 2.45) is 0 Å². The first-order valence-electron chi connectivity index (χ1n) is 1.70. The van der Waals surface area contributed by atoms with Crippen molar-refractivity contribution in [2.45, 2.75) is 13.3 Å². The molecule has 0 nitrogen and oxygen atoms in total. The smallest absolute Gasteiger partial charge is 0.106 e. The molecule has 0 aliphatic carbocycles. The molecule has 0 aromatic heterocycles. The minimum atomic E-state index is 0. The summed E-state index contributed by atoms with van der Waals surface area (Å²) in [6.45, 7) is 5.43. The molecule has 0 aromatic carbocycles. The lowest BCUT2D eigenvalue weighted by Crippen LogP contribution is -1.68. The maximum atomic E-state index is 5.10. The summed E-state index contributed by atoms with van der Waals surface area (Å²) in [4.78, 5) is 0. The molecule has 0 aliphatic rings. The Labute approximate surface area is 46.4 Å². The zero-order valence-corrected chi connectivity index (χ0v) is 4.72. The SMILES string of the molecule is Cl.[B]C(=C)CC. The van der Waals surface area contributed by atoms with Crippen LogP contribution in [0.15, 0.2) is 12.1 Å². The second kappa shape index (κ2) is 5.09. The molecule has 2 radical (unpaired) electrons. The van der Waals surface area contributed by atoms with Crippen LogP contribution >= 0.6 is 12.4 Å². The Morgan fingerprint density at radius 1 is 1.83 bits per heavy atom. The van der Waals surface area contributed by atoms with Gasteiger partial charge in [-0.05, 0) is 6.42 Å². The Balaban J connectivity index is 0. The summed E-state index contributed by atoms with van der Waals surface area (Å²) in [6.07, 6.45) is 0.889. The zero-order valence-electron chi connectivity index (χ0n) is 3.90. The van der Waals surface area contributed by atoms with E-state index in [-0.39, 0.29) is 12.4 Å². The monoisotopic (exact) mass is 102 g/mol. The summed E-state index contributed by atoms with van der Waals surface area (Å²) in [5.74, 6) is 0. The highest BCUT2D eigenvalue weighted by Gasteiger charge is 1.67. The Morgan fingerprint density at radius 3 is 2.00 bits per heavy atom. The third kappa shape index (κ3) is 8.94. The molecule has 0 fully saturated rings. The molecule has 0 N–H and O–H groups in total. The van der Waals surface area contributed by atoms with Crippen LogP contribution in [0.2, 0.25) is 0 Å². The molecule has 0 unspecified atom stereocenters. The van der Waals surface area contributed by atoms with E-state index in [1.54, 1.807) is 0 Å². The number of rotatable bonds is 1. The van der Waals surface area contributed by atoms with Gasteiger partial charge in [-0.2, -0.15) is 0 Å². The molecule has 0 atom stereocenters. The Morgan fingerprint density at radius 2 is 2.00 bits per heavy atom. The van der Waals surface area contributed by atoms with Gasteiger partial charge in [-0.1, -0.05) is 6.92 Å². The van der Waals surface area contributed by atoms with E-state index < -0.39 is 0 Å². The van der Waals surface area contributed by atoms with Gasteiger partial charge in [0.15, 0.2) is 0 Å². The number of hydrogen-bond donors (Lipinski definition) is 0. The summed E-state index contributed by atoms with van der Waals surface area (Å²) in [5.41, 5.74) is 0.755. The second-order valence-electron chi connectivity index (χ2n) is 1.01. The van der Waals surface area contributed by atoms with Crippen molar-refractivity contribution in [2.75, 3.05) is 0 Å². The fourth-order valence-electron chi connectivity index (χ4n) is 0. The molecule has 0 heterocycles. The van der Waals surface area contributed by atoms with Crippen molar-refractivity contribution in [3.05, 3.63) is 12.1 Å². The van der Waals surface area contributed by atoms with Gasteiger partial charge < -0.3 is 0 Å². The van der Waals surface area contributed by atoms with Crippen LogP contribution in [-0.4, -0.2) is 7.85 Å². The van der Waals surface area contributed by atoms with Crippen molar-refractivity contribution in [1.29, 1.82) is 0 Å². The lowest BCUT2D eigenvalue weighted by Gasteiger charge is -1.80. The van der Waals surface area contributed by atoms with E-state index in [0.29, 0.717) is 0 Å². The van der Waals surface area contributed by atoms with E-state index in [9.17, 15) is 0 Å². The van der Waals surface area contributed by atoms with E-state index >= 15 is 0 Å². The van der Waals surface area contributed by atoms with Crippen molar-refractivity contribution in [3.8, 4) is 0 Å². The summed E-state index contributed by atoms with van der Waals surface area (Å²) < 4.78 is 0. The van der Waals surface area contributed by atoms with Gasteiger partial charge in [0.2, 0.25) is 0 Å². The fourth-order valence-corrected chi connectivity index (χ4v) is 0. The molecule has 0 amide bonds. The third-order valence-electron chi connectivity index (χ3n) is 0.454. The first-order valence-corrected chi connectivity index (χ1v) is 1.70. The van der Waals surface area contributed by atoms with Crippen LogP contribution in [0.1, 0.15) is 13.3 Å². The van der Waals surface area contributed by atoms with Gasteiger partial charge >= 0.3 is 0 Å². The fraction of sp³-hybridized carbons (Fsp3) is 0.500. The Kier molecular flexibility index (Phi) is 8.01. The van der Waals surface area contributed by atoms with Gasteiger partial charge in [0.05, 0.1) is 0 Å². The number of allylic oxidation sites excluding steroid dienone is 1. The summed E-state index contributed by atoms with van der Waals surface area (Å²) in [7, 11) is 5.10. The van der Waals surface area contributed by atoms with Gasteiger partial charge in [0.1, 0.15) is 7.85 Å². The molecule has 0 spiro atoms. The van der Waals surface area contributed by atoms with E-state index in [4.69, 9.17) is 7.85 Å². The minimum Gasteiger partial charge on any atom is -0.147 e. The second-order valence-corrected chi connectivity index (χ2v) is 1.01. The van der Waals surface area contributed by atoms with Gasteiger partial charge in [0.25, 0.3) is 0 Å². The lowest BCUT2D eigenvalue weighted by atomic mass is 9.96. The molecule has 0 bridgehead atoms. The summed E-state index contributed by atoms with van der Waals surface area (Å²) >= 11 is 0. The standard InChI is InChI=1S/C4H7B.ClH/c1-3-4(2)5;/h2-3H2,1H3;1H. The van der Waals surface area contributed by atoms with Crippen LogP contribution < -0.4 is 0 Å². The number of hydrogen-bond acceptors (Lipinski definition) is 0. The van der Waals surface area contributed by atoms with Crippen molar-refractivity contribution in [3.63, 3.8) is 0 Å². The van der Waals surface area contributed by atoms with Crippen LogP contribution in [0.3, 0.4) is 0 Å². The lowest BCUT2D eigenvalue weighted by molar-refractivity contribution is 1.20. The highest BCUT2D eigenvalue weighted by atomic mass is 35.5. The maximum Gasteiger partial charge on any atom is 0.106 e. The topological polar surface area (TPSA) is 0 Å². The minimum absolute atomic E-state index is 0. The molecule has 0 saturated heterocycles.